The monoisotopic (exact) mass is 254 g/mol. The maximum Gasteiger partial charge on any atom is 0.419 e. The summed E-state index contributed by atoms with van der Waals surface area (Å²) in [4.78, 5) is 8.85. The molecule has 0 saturated carbocycles. The molecule has 0 amide bonds. The summed E-state index contributed by atoms with van der Waals surface area (Å²) in [6.07, 6.45) is -7.11. The summed E-state index contributed by atoms with van der Waals surface area (Å²) < 4.78 is 52.8. The largest absolute Gasteiger partial charge is 0.419 e. The molecule has 0 spiro atoms. The van der Waals surface area contributed by atoms with Crippen molar-refractivity contribution < 1.29 is 27.2 Å². The summed E-state index contributed by atoms with van der Waals surface area (Å²) >= 11 is 0. The molecule has 0 aliphatic carbocycles. The van der Waals surface area contributed by atoms with Gasteiger partial charge in [0, 0.05) is 6.66 Å². The van der Waals surface area contributed by atoms with Crippen molar-refractivity contribution in [1.29, 1.82) is 0 Å². The highest BCUT2D eigenvalue weighted by Crippen LogP contribution is 2.48. The molecule has 16 heavy (non-hydrogen) atoms. The molecule has 0 heterocycles. The van der Waals surface area contributed by atoms with Gasteiger partial charge in [-0.2, -0.15) is 13.2 Å². The number of benzene rings is 1. The van der Waals surface area contributed by atoms with Crippen LogP contribution in [0.3, 0.4) is 0 Å². The van der Waals surface area contributed by atoms with Crippen LogP contribution in [0.25, 0.3) is 0 Å². The second-order valence-electron chi connectivity index (χ2n) is 3.24. The SMILES string of the molecule is CP(=O)(O)O[C@H](c1ccccc1)C(F)(F)F. The summed E-state index contributed by atoms with van der Waals surface area (Å²) in [6.45, 7) is 0.717. The van der Waals surface area contributed by atoms with Gasteiger partial charge >= 0.3 is 13.8 Å². The number of hydrogen-bond acceptors (Lipinski definition) is 2. The van der Waals surface area contributed by atoms with E-state index in [1.165, 1.54) is 24.3 Å². The molecule has 3 nitrogen and oxygen atoms in total. The van der Waals surface area contributed by atoms with Crippen LogP contribution < -0.4 is 0 Å². The van der Waals surface area contributed by atoms with Gasteiger partial charge in [0.15, 0.2) is 6.10 Å². The molecule has 0 aliphatic heterocycles. The molecule has 7 heteroatoms. The third-order valence-electron chi connectivity index (χ3n) is 1.70. The highest BCUT2D eigenvalue weighted by atomic mass is 31.2. The lowest BCUT2D eigenvalue weighted by atomic mass is 10.1. The molecule has 2 atom stereocenters. The van der Waals surface area contributed by atoms with Gasteiger partial charge in [-0.25, -0.2) is 0 Å². The van der Waals surface area contributed by atoms with Crippen molar-refractivity contribution in [2.75, 3.05) is 6.66 Å². The molecule has 0 radical (unpaired) electrons. The molecule has 1 rings (SSSR count). The first-order valence-electron chi connectivity index (χ1n) is 4.30. The molecule has 1 aromatic carbocycles. The quantitative estimate of drug-likeness (QED) is 0.843. The summed E-state index contributed by atoms with van der Waals surface area (Å²) in [5.74, 6) is 0. The van der Waals surface area contributed by atoms with E-state index in [-0.39, 0.29) is 5.56 Å². The van der Waals surface area contributed by atoms with Crippen molar-refractivity contribution in [3.8, 4) is 0 Å². The molecule has 1 aromatic rings. The summed E-state index contributed by atoms with van der Waals surface area (Å²) in [7, 11) is -4.20. The topological polar surface area (TPSA) is 46.5 Å². The molecular weight excluding hydrogens is 244 g/mol. The van der Waals surface area contributed by atoms with E-state index in [1.54, 1.807) is 6.07 Å². The number of rotatable bonds is 3. The fraction of sp³-hybridized carbons (Fsp3) is 0.333. The summed E-state index contributed by atoms with van der Waals surface area (Å²) in [5, 5.41) is 0. The van der Waals surface area contributed by atoms with Crippen LogP contribution in [0.4, 0.5) is 13.2 Å². The first-order valence-corrected chi connectivity index (χ1v) is 6.33. The van der Waals surface area contributed by atoms with Gasteiger partial charge in [0.1, 0.15) is 0 Å². The lowest BCUT2D eigenvalue weighted by Gasteiger charge is -2.22. The van der Waals surface area contributed by atoms with Gasteiger partial charge in [-0.05, 0) is 5.56 Å². The Morgan fingerprint density at radius 2 is 1.81 bits per heavy atom. The lowest BCUT2D eigenvalue weighted by molar-refractivity contribution is -0.199. The molecule has 90 valence electrons. The predicted octanol–water partition coefficient (Wildman–Crippen LogP) is 3.12. The van der Waals surface area contributed by atoms with Crippen molar-refractivity contribution in [2.45, 2.75) is 12.3 Å². The Bertz CT molecular complexity index is 385. The Balaban J connectivity index is 3.03. The van der Waals surface area contributed by atoms with Crippen LogP contribution >= 0.6 is 7.60 Å². The maximum atomic E-state index is 12.6. The Kier molecular flexibility index (Phi) is 3.78. The minimum absolute atomic E-state index is 0.203. The van der Waals surface area contributed by atoms with Gasteiger partial charge in [-0.1, -0.05) is 30.3 Å². The van der Waals surface area contributed by atoms with Crippen molar-refractivity contribution in [3.05, 3.63) is 35.9 Å². The maximum absolute atomic E-state index is 12.6. The van der Waals surface area contributed by atoms with E-state index in [0.717, 1.165) is 0 Å². The predicted molar refractivity (Wildman–Crippen MR) is 52.1 cm³/mol. The Hall–Kier alpha value is -0.840. The van der Waals surface area contributed by atoms with E-state index in [0.29, 0.717) is 6.66 Å². The zero-order valence-electron chi connectivity index (χ0n) is 8.31. The number of alkyl halides is 3. The molecule has 0 bridgehead atoms. The van der Waals surface area contributed by atoms with Gasteiger partial charge in [-0.3, -0.25) is 9.09 Å². The van der Waals surface area contributed by atoms with Gasteiger partial charge in [0.25, 0.3) is 0 Å². The van der Waals surface area contributed by atoms with Crippen LogP contribution in [-0.4, -0.2) is 17.7 Å². The van der Waals surface area contributed by atoms with Crippen molar-refractivity contribution >= 4 is 7.60 Å². The zero-order valence-corrected chi connectivity index (χ0v) is 9.20. The summed E-state index contributed by atoms with van der Waals surface area (Å²) in [6, 6.07) is 6.72. The normalized spacial score (nSPS) is 17.8. The average Bonchev–Trinajstić information content (AvgIpc) is 2.13. The van der Waals surface area contributed by atoms with Gasteiger partial charge in [-0.15, -0.1) is 0 Å². The molecule has 1 unspecified atom stereocenters. The molecule has 0 saturated heterocycles. The Morgan fingerprint density at radius 3 is 2.19 bits per heavy atom. The van der Waals surface area contributed by atoms with E-state index in [4.69, 9.17) is 4.89 Å². The first-order chi connectivity index (χ1) is 7.20. The van der Waals surface area contributed by atoms with E-state index in [1.807, 2.05) is 0 Å². The van der Waals surface area contributed by atoms with Crippen molar-refractivity contribution in [1.82, 2.24) is 0 Å². The van der Waals surface area contributed by atoms with Crippen LogP contribution in [-0.2, 0) is 9.09 Å². The van der Waals surface area contributed by atoms with Crippen molar-refractivity contribution in [2.24, 2.45) is 0 Å². The highest BCUT2D eigenvalue weighted by molar-refractivity contribution is 7.51. The van der Waals surface area contributed by atoms with Crippen LogP contribution in [0.15, 0.2) is 30.3 Å². The van der Waals surface area contributed by atoms with Crippen LogP contribution in [0.2, 0.25) is 0 Å². The van der Waals surface area contributed by atoms with Crippen LogP contribution in [0, 0.1) is 0 Å². The standard InChI is InChI=1S/C9H10F3O3P/c1-16(13,14)15-8(9(10,11)12)7-5-3-2-4-6-7/h2-6,8H,1H3,(H,13,14)/t8-/m1/s1. The zero-order chi connectivity index (χ0) is 12.4. The smallest absolute Gasteiger partial charge is 0.324 e. The van der Waals surface area contributed by atoms with Crippen LogP contribution in [0.5, 0.6) is 0 Å². The molecular formula is C9H10F3O3P. The summed E-state index contributed by atoms with van der Waals surface area (Å²) in [5.41, 5.74) is -0.203. The van der Waals surface area contributed by atoms with Gasteiger partial charge in [0.05, 0.1) is 0 Å². The molecule has 1 N–H and O–H groups in total. The van der Waals surface area contributed by atoms with E-state index in [9.17, 15) is 17.7 Å². The fourth-order valence-corrected chi connectivity index (χ4v) is 1.77. The van der Waals surface area contributed by atoms with Gasteiger partial charge < -0.3 is 4.89 Å². The minimum Gasteiger partial charge on any atom is -0.324 e. The lowest BCUT2D eigenvalue weighted by Crippen LogP contribution is -2.22. The third kappa shape index (κ3) is 3.96. The molecule has 0 fully saturated rings. The minimum atomic E-state index is -4.73. The first kappa shape index (κ1) is 13.2. The van der Waals surface area contributed by atoms with Crippen LogP contribution in [0.1, 0.15) is 11.7 Å². The third-order valence-corrected chi connectivity index (χ3v) is 2.30. The Labute approximate surface area is 90.4 Å². The van der Waals surface area contributed by atoms with Crippen molar-refractivity contribution in [3.63, 3.8) is 0 Å². The van der Waals surface area contributed by atoms with Gasteiger partial charge in [0.2, 0.25) is 0 Å². The van der Waals surface area contributed by atoms with E-state index < -0.39 is 19.9 Å². The number of halogens is 3. The molecule has 0 aliphatic rings. The molecule has 0 aromatic heterocycles. The van der Waals surface area contributed by atoms with E-state index in [2.05, 4.69) is 4.52 Å². The second-order valence-corrected chi connectivity index (χ2v) is 5.06. The average molecular weight is 254 g/mol. The Morgan fingerprint density at radius 1 is 1.31 bits per heavy atom. The number of hydrogen-bond donors (Lipinski definition) is 1. The second kappa shape index (κ2) is 4.57. The highest BCUT2D eigenvalue weighted by Gasteiger charge is 2.44. The fourth-order valence-electron chi connectivity index (χ4n) is 1.13. The van der Waals surface area contributed by atoms with E-state index >= 15 is 0 Å².